The largest absolute Gasteiger partial charge is 0.497 e. The summed E-state index contributed by atoms with van der Waals surface area (Å²) in [7, 11) is 6.92. The van der Waals surface area contributed by atoms with Crippen LogP contribution in [0, 0.1) is 11.7 Å². The van der Waals surface area contributed by atoms with Crippen molar-refractivity contribution in [2.24, 2.45) is 5.92 Å². The zero-order chi connectivity index (χ0) is 26.3. The summed E-state index contributed by atoms with van der Waals surface area (Å²) in [6.07, 6.45) is 3.27. The van der Waals surface area contributed by atoms with Crippen LogP contribution < -0.4 is 9.47 Å². The molecule has 1 aliphatic rings. The van der Waals surface area contributed by atoms with Crippen molar-refractivity contribution in [1.29, 1.82) is 0 Å². The maximum absolute atomic E-state index is 13.7. The van der Waals surface area contributed by atoms with Crippen molar-refractivity contribution in [3.8, 4) is 11.5 Å². The zero-order valence-corrected chi connectivity index (χ0v) is 22.4. The Labute approximate surface area is 214 Å². The van der Waals surface area contributed by atoms with Crippen molar-refractivity contribution in [3.05, 3.63) is 58.9 Å². The van der Waals surface area contributed by atoms with Gasteiger partial charge in [0.2, 0.25) is 0 Å². The highest BCUT2D eigenvalue weighted by Gasteiger charge is 2.44. The second-order valence-corrected chi connectivity index (χ2v) is 9.86. The number of carbonyl (C=O) groups excluding carboxylic acids is 1. The van der Waals surface area contributed by atoms with E-state index in [2.05, 4.69) is 4.90 Å². The number of methoxy groups -OCH3 is 3. The van der Waals surface area contributed by atoms with Gasteiger partial charge in [-0.05, 0) is 85.7 Å². The molecule has 198 valence electrons. The molecule has 0 radical (unpaired) electrons. The minimum Gasteiger partial charge on any atom is -0.497 e. The maximum atomic E-state index is 13.7. The summed E-state index contributed by atoms with van der Waals surface area (Å²) in [4.78, 5) is 15.7. The number of esters is 1. The summed E-state index contributed by atoms with van der Waals surface area (Å²) in [5, 5.41) is 0. The average molecular weight is 502 g/mol. The van der Waals surface area contributed by atoms with Crippen LogP contribution in [0.4, 0.5) is 4.39 Å². The van der Waals surface area contributed by atoms with Gasteiger partial charge in [0.05, 0.1) is 14.2 Å². The third-order valence-electron chi connectivity index (χ3n) is 7.37. The van der Waals surface area contributed by atoms with Gasteiger partial charge in [0.1, 0.15) is 23.4 Å². The third-order valence-corrected chi connectivity index (χ3v) is 7.37. The SMILES string of the molecule is COc1ccc(OC)c(CCN(C)CC[C@@](OC)(C(=O)O[C@H]2CCCc3cc(F)ccc32)C(C)C)c1. The first kappa shape index (κ1) is 27.9. The van der Waals surface area contributed by atoms with Crippen molar-refractivity contribution in [1.82, 2.24) is 4.90 Å². The summed E-state index contributed by atoms with van der Waals surface area (Å²) in [6, 6.07) is 10.5. The van der Waals surface area contributed by atoms with Crippen LogP contribution in [-0.2, 0) is 27.1 Å². The predicted octanol–water partition coefficient (Wildman–Crippen LogP) is 5.37. The van der Waals surface area contributed by atoms with Gasteiger partial charge in [-0.2, -0.15) is 0 Å². The van der Waals surface area contributed by atoms with Crippen LogP contribution in [0.3, 0.4) is 0 Å². The zero-order valence-electron chi connectivity index (χ0n) is 22.4. The Hall–Kier alpha value is -2.64. The van der Waals surface area contributed by atoms with Gasteiger partial charge in [0, 0.05) is 26.6 Å². The lowest BCUT2D eigenvalue weighted by Gasteiger charge is -2.37. The molecule has 7 heteroatoms. The van der Waals surface area contributed by atoms with E-state index in [0.717, 1.165) is 60.4 Å². The molecular formula is C29H40FNO5. The summed E-state index contributed by atoms with van der Waals surface area (Å²) in [6.45, 7) is 5.39. The Morgan fingerprint density at radius 1 is 1.11 bits per heavy atom. The van der Waals surface area contributed by atoms with Crippen molar-refractivity contribution in [2.45, 2.75) is 57.7 Å². The number of fused-ring (bicyclic) bond motifs is 1. The van der Waals surface area contributed by atoms with Crippen LogP contribution >= 0.6 is 0 Å². The molecule has 2 atom stereocenters. The van der Waals surface area contributed by atoms with Gasteiger partial charge in [-0.25, -0.2) is 9.18 Å². The van der Waals surface area contributed by atoms with E-state index in [4.69, 9.17) is 18.9 Å². The van der Waals surface area contributed by atoms with Crippen molar-refractivity contribution in [2.75, 3.05) is 41.5 Å². The number of halogens is 1. The molecule has 36 heavy (non-hydrogen) atoms. The molecule has 0 spiro atoms. The van der Waals surface area contributed by atoms with Crippen LogP contribution in [-0.4, -0.2) is 57.9 Å². The highest BCUT2D eigenvalue weighted by Crippen LogP contribution is 2.36. The van der Waals surface area contributed by atoms with E-state index in [1.54, 1.807) is 33.5 Å². The molecule has 6 nitrogen and oxygen atoms in total. The van der Waals surface area contributed by atoms with Gasteiger partial charge in [-0.15, -0.1) is 0 Å². The Morgan fingerprint density at radius 2 is 1.89 bits per heavy atom. The van der Waals surface area contributed by atoms with Gasteiger partial charge in [0.15, 0.2) is 5.60 Å². The number of aryl methyl sites for hydroxylation is 1. The van der Waals surface area contributed by atoms with Gasteiger partial charge < -0.3 is 23.8 Å². The third kappa shape index (κ3) is 6.37. The van der Waals surface area contributed by atoms with Crippen LogP contribution in [0.25, 0.3) is 0 Å². The number of rotatable bonds is 12. The van der Waals surface area contributed by atoms with Gasteiger partial charge in [-0.3, -0.25) is 0 Å². The molecule has 0 amide bonds. The number of benzene rings is 2. The number of carbonyl (C=O) groups is 1. The molecule has 2 aromatic rings. The second-order valence-electron chi connectivity index (χ2n) is 9.86. The van der Waals surface area contributed by atoms with Crippen LogP contribution in [0.15, 0.2) is 36.4 Å². The summed E-state index contributed by atoms with van der Waals surface area (Å²) < 4.78 is 36.5. The van der Waals surface area contributed by atoms with Gasteiger partial charge in [0.25, 0.3) is 0 Å². The molecule has 0 fully saturated rings. The number of ether oxygens (including phenoxy) is 4. The van der Waals surface area contributed by atoms with Gasteiger partial charge >= 0.3 is 5.97 Å². The fourth-order valence-electron chi connectivity index (χ4n) is 4.99. The van der Waals surface area contributed by atoms with Crippen LogP contribution in [0.2, 0.25) is 0 Å². The van der Waals surface area contributed by atoms with Gasteiger partial charge in [-0.1, -0.05) is 19.9 Å². The molecule has 0 bridgehead atoms. The minimum atomic E-state index is -1.07. The molecule has 0 saturated carbocycles. The van der Waals surface area contributed by atoms with Crippen LogP contribution in [0.5, 0.6) is 11.5 Å². The lowest BCUT2D eigenvalue weighted by Crippen LogP contribution is -2.49. The summed E-state index contributed by atoms with van der Waals surface area (Å²) in [5.74, 6) is 0.919. The van der Waals surface area contributed by atoms with E-state index in [-0.39, 0.29) is 23.8 Å². The minimum absolute atomic E-state index is 0.0850. The lowest BCUT2D eigenvalue weighted by atomic mass is 9.85. The monoisotopic (exact) mass is 501 g/mol. The van der Waals surface area contributed by atoms with E-state index in [1.807, 2.05) is 39.1 Å². The Bertz CT molecular complexity index is 1030. The van der Waals surface area contributed by atoms with E-state index >= 15 is 0 Å². The lowest BCUT2D eigenvalue weighted by molar-refractivity contribution is -0.183. The number of likely N-dealkylation sites (N-methyl/N-ethyl adjacent to an activating group) is 1. The van der Waals surface area contributed by atoms with E-state index in [9.17, 15) is 9.18 Å². The predicted molar refractivity (Wildman–Crippen MR) is 138 cm³/mol. The first-order valence-electron chi connectivity index (χ1n) is 12.7. The van der Waals surface area contributed by atoms with Crippen molar-refractivity contribution in [3.63, 3.8) is 0 Å². The van der Waals surface area contributed by atoms with Crippen molar-refractivity contribution >= 4 is 5.97 Å². The Balaban J connectivity index is 1.66. The number of hydrogen-bond acceptors (Lipinski definition) is 6. The molecule has 0 aromatic heterocycles. The maximum Gasteiger partial charge on any atom is 0.339 e. The summed E-state index contributed by atoms with van der Waals surface area (Å²) in [5.41, 5.74) is 1.81. The highest BCUT2D eigenvalue weighted by atomic mass is 19.1. The topological polar surface area (TPSA) is 57.2 Å². The molecule has 1 aliphatic carbocycles. The first-order valence-corrected chi connectivity index (χ1v) is 12.7. The van der Waals surface area contributed by atoms with E-state index < -0.39 is 5.60 Å². The normalized spacial score (nSPS) is 17.0. The standard InChI is InChI=1S/C29H40FNO5/c1-20(2)29(35-6,28(32)36-27-9-7-8-21-18-23(30)10-12-25(21)27)15-17-31(3)16-14-22-19-24(33-4)11-13-26(22)34-5/h10-13,18-20,27H,7-9,14-17H2,1-6H3/t27-,29-/m0/s1. The fraction of sp³-hybridized carbons (Fsp3) is 0.552. The molecule has 0 saturated heterocycles. The highest BCUT2D eigenvalue weighted by molar-refractivity contribution is 5.80. The van der Waals surface area contributed by atoms with Crippen LogP contribution in [0.1, 0.15) is 55.9 Å². The molecule has 0 N–H and O–H groups in total. The Kier molecular flexibility index (Phi) is 9.74. The number of nitrogens with zero attached hydrogens (tertiary/aromatic N) is 1. The average Bonchev–Trinajstić information content (AvgIpc) is 2.87. The Morgan fingerprint density at radius 3 is 2.56 bits per heavy atom. The molecule has 2 aromatic carbocycles. The molecule has 0 unspecified atom stereocenters. The van der Waals surface area contributed by atoms with Crippen molar-refractivity contribution < 1.29 is 28.1 Å². The molecule has 0 aliphatic heterocycles. The second kappa shape index (κ2) is 12.5. The fourth-order valence-corrected chi connectivity index (χ4v) is 4.99. The molecule has 3 rings (SSSR count). The van der Waals surface area contributed by atoms with E-state index in [0.29, 0.717) is 13.0 Å². The summed E-state index contributed by atoms with van der Waals surface area (Å²) >= 11 is 0. The van der Waals surface area contributed by atoms with E-state index in [1.165, 1.54) is 6.07 Å². The molecule has 0 heterocycles. The molecular weight excluding hydrogens is 461 g/mol. The quantitative estimate of drug-likeness (QED) is 0.365. The first-order chi connectivity index (χ1) is 17.2. The smallest absolute Gasteiger partial charge is 0.339 e. The number of hydrogen-bond donors (Lipinski definition) is 0.